The van der Waals surface area contributed by atoms with Gasteiger partial charge in [0, 0.05) is 4.88 Å². The molecule has 112 valence electrons. The predicted molar refractivity (Wildman–Crippen MR) is 88.8 cm³/mol. The fourth-order valence-electron chi connectivity index (χ4n) is 2.17. The molecule has 1 heterocycles. The molecule has 0 aliphatic rings. The minimum atomic E-state index is -0.00833. The number of carbonyl (C=O) groups excluding carboxylic acids is 1. The van der Waals surface area contributed by atoms with Crippen molar-refractivity contribution < 1.29 is 9.53 Å². The fraction of sp³-hybridized carbons (Fsp3) is 0.389. The Kier molecular flexibility index (Phi) is 4.52. The van der Waals surface area contributed by atoms with Gasteiger partial charge in [-0.25, -0.2) is 0 Å². The van der Waals surface area contributed by atoms with Crippen LogP contribution in [0.5, 0.6) is 5.75 Å². The molecule has 21 heavy (non-hydrogen) atoms. The highest BCUT2D eigenvalue weighted by Crippen LogP contribution is 2.32. The van der Waals surface area contributed by atoms with Crippen LogP contribution in [0.3, 0.4) is 0 Å². The van der Waals surface area contributed by atoms with Crippen LogP contribution in [0.25, 0.3) is 0 Å². The Morgan fingerprint density at radius 1 is 1.14 bits per heavy atom. The van der Waals surface area contributed by atoms with E-state index in [1.807, 2.05) is 32.0 Å². The van der Waals surface area contributed by atoms with Crippen LogP contribution in [0.15, 0.2) is 30.3 Å². The van der Waals surface area contributed by atoms with Crippen molar-refractivity contribution in [2.45, 2.75) is 40.0 Å². The monoisotopic (exact) mass is 302 g/mol. The molecular weight excluding hydrogens is 280 g/mol. The molecule has 0 amide bonds. The van der Waals surface area contributed by atoms with Gasteiger partial charge in [0.15, 0.2) is 6.61 Å². The number of benzene rings is 1. The molecule has 3 heteroatoms. The molecular formula is C18H22O2S. The quantitative estimate of drug-likeness (QED) is 0.749. The first-order valence-electron chi connectivity index (χ1n) is 7.11. The molecule has 0 unspecified atom stereocenters. The number of ketones is 1. The van der Waals surface area contributed by atoms with Crippen LogP contribution in [0.1, 0.15) is 46.4 Å². The summed E-state index contributed by atoms with van der Waals surface area (Å²) in [7, 11) is 0. The SMILES string of the molecule is Cc1ccc(C(C)(C)C)c(OCC(=O)c2ccc(C)s2)c1. The van der Waals surface area contributed by atoms with Crippen molar-refractivity contribution in [2.75, 3.05) is 6.61 Å². The second-order valence-electron chi connectivity index (χ2n) is 6.37. The molecule has 2 nitrogen and oxygen atoms in total. The molecule has 0 fully saturated rings. The minimum absolute atomic E-state index is 0.00833. The Labute approximate surface area is 130 Å². The summed E-state index contributed by atoms with van der Waals surface area (Å²) < 4.78 is 5.83. The van der Waals surface area contributed by atoms with Gasteiger partial charge in [0.2, 0.25) is 5.78 Å². The molecule has 0 saturated heterocycles. The van der Waals surface area contributed by atoms with Gasteiger partial charge in [0.1, 0.15) is 5.75 Å². The van der Waals surface area contributed by atoms with E-state index in [1.165, 1.54) is 11.3 Å². The van der Waals surface area contributed by atoms with E-state index < -0.39 is 0 Å². The molecule has 0 atom stereocenters. The summed E-state index contributed by atoms with van der Waals surface area (Å²) in [4.78, 5) is 14.1. The van der Waals surface area contributed by atoms with E-state index in [2.05, 4.69) is 32.9 Å². The third-order valence-electron chi connectivity index (χ3n) is 3.32. The first-order chi connectivity index (χ1) is 9.77. The first kappa shape index (κ1) is 15.8. The van der Waals surface area contributed by atoms with Gasteiger partial charge in [-0.05, 0) is 48.6 Å². The lowest BCUT2D eigenvalue weighted by atomic mass is 9.86. The third kappa shape index (κ3) is 3.94. The highest BCUT2D eigenvalue weighted by Gasteiger charge is 2.20. The lowest BCUT2D eigenvalue weighted by Crippen LogP contribution is -2.16. The average Bonchev–Trinajstić information content (AvgIpc) is 2.81. The van der Waals surface area contributed by atoms with Gasteiger partial charge in [-0.2, -0.15) is 0 Å². The number of ether oxygens (including phenoxy) is 1. The zero-order chi connectivity index (χ0) is 15.6. The Hall–Kier alpha value is -1.61. The summed E-state index contributed by atoms with van der Waals surface area (Å²) in [5, 5.41) is 0. The van der Waals surface area contributed by atoms with Crippen LogP contribution in [0.4, 0.5) is 0 Å². The van der Waals surface area contributed by atoms with Crippen molar-refractivity contribution in [3.05, 3.63) is 51.2 Å². The van der Waals surface area contributed by atoms with E-state index >= 15 is 0 Å². The zero-order valence-corrected chi connectivity index (χ0v) is 14.1. The number of rotatable bonds is 4. The lowest BCUT2D eigenvalue weighted by Gasteiger charge is -2.23. The Balaban J connectivity index is 2.16. The fourth-order valence-corrected chi connectivity index (χ4v) is 2.96. The van der Waals surface area contributed by atoms with Gasteiger partial charge in [-0.3, -0.25) is 4.79 Å². The Morgan fingerprint density at radius 2 is 1.86 bits per heavy atom. The summed E-state index contributed by atoms with van der Waals surface area (Å²) in [6.07, 6.45) is 0. The number of aryl methyl sites for hydroxylation is 2. The maximum Gasteiger partial charge on any atom is 0.210 e. The van der Waals surface area contributed by atoms with Crippen molar-refractivity contribution in [1.29, 1.82) is 0 Å². The van der Waals surface area contributed by atoms with Crippen molar-refractivity contribution >= 4 is 17.1 Å². The average molecular weight is 302 g/mol. The number of hydrogen-bond donors (Lipinski definition) is 0. The largest absolute Gasteiger partial charge is 0.485 e. The van der Waals surface area contributed by atoms with Crippen molar-refractivity contribution in [2.24, 2.45) is 0 Å². The minimum Gasteiger partial charge on any atom is -0.485 e. The van der Waals surface area contributed by atoms with Crippen LogP contribution < -0.4 is 4.74 Å². The van der Waals surface area contributed by atoms with Crippen LogP contribution in [0, 0.1) is 13.8 Å². The highest BCUT2D eigenvalue weighted by molar-refractivity contribution is 7.14. The molecule has 1 aromatic carbocycles. The first-order valence-corrected chi connectivity index (χ1v) is 7.92. The molecule has 0 N–H and O–H groups in total. The van der Waals surface area contributed by atoms with E-state index in [0.29, 0.717) is 0 Å². The number of carbonyl (C=O) groups is 1. The predicted octanol–water partition coefficient (Wildman–Crippen LogP) is 4.92. The second-order valence-corrected chi connectivity index (χ2v) is 7.66. The Bertz CT molecular complexity index is 647. The second kappa shape index (κ2) is 6.02. The molecule has 0 aliphatic heterocycles. The molecule has 0 spiro atoms. The molecule has 0 saturated carbocycles. The third-order valence-corrected chi connectivity index (χ3v) is 4.36. The maximum atomic E-state index is 12.2. The lowest BCUT2D eigenvalue weighted by molar-refractivity contribution is 0.0924. The summed E-state index contributed by atoms with van der Waals surface area (Å²) in [6.45, 7) is 10.6. The van der Waals surface area contributed by atoms with E-state index in [4.69, 9.17) is 4.74 Å². The molecule has 1 aromatic heterocycles. The number of Topliss-reactive ketones (excluding diaryl/α,β-unsaturated/α-hetero) is 1. The van der Waals surface area contributed by atoms with Gasteiger partial charge >= 0.3 is 0 Å². The van der Waals surface area contributed by atoms with Gasteiger partial charge in [-0.1, -0.05) is 32.9 Å². The molecule has 0 aliphatic carbocycles. The van der Waals surface area contributed by atoms with Gasteiger partial charge in [-0.15, -0.1) is 11.3 Å². The molecule has 2 aromatic rings. The van der Waals surface area contributed by atoms with E-state index in [1.54, 1.807) is 0 Å². The van der Waals surface area contributed by atoms with Crippen molar-refractivity contribution in [3.63, 3.8) is 0 Å². The van der Waals surface area contributed by atoms with E-state index in [0.717, 1.165) is 26.6 Å². The van der Waals surface area contributed by atoms with E-state index in [-0.39, 0.29) is 17.8 Å². The van der Waals surface area contributed by atoms with Crippen molar-refractivity contribution in [3.8, 4) is 5.75 Å². The molecule has 0 radical (unpaired) electrons. The topological polar surface area (TPSA) is 26.3 Å². The smallest absolute Gasteiger partial charge is 0.210 e. The number of thiophene rings is 1. The Morgan fingerprint density at radius 3 is 2.43 bits per heavy atom. The van der Waals surface area contributed by atoms with Crippen LogP contribution in [-0.4, -0.2) is 12.4 Å². The molecule has 2 rings (SSSR count). The highest BCUT2D eigenvalue weighted by atomic mass is 32.1. The molecule has 0 bridgehead atoms. The number of hydrogen-bond acceptors (Lipinski definition) is 3. The van der Waals surface area contributed by atoms with Gasteiger partial charge in [0.25, 0.3) is 0 Å². The normalized spacial score (nSPS) is 11.5. The van der Waals surface area contributed by atoms with Gasteiger partial charge in [0.05, 0.1) is 4.88 Å². The standard InChI is InChI=1S/C18H22O2S/c1-12-6-8-14(18(3,4)5)16(10-12)20-11-15(19)17-9-7-13(2)21-17/h6-10H,11H2,1-5H3. The van der Waals surface area contributed by atoms with Gasteiger partial charge < -0.3 is 4.74 Å². The van der Waals surface area contributed by atoms with Crippen LogP contribution in [0.2, 0.25) is 0 Å². The van der Waals surface area contributed by atoms with Crippen molar-refractivity contribution in [1.82, 2.24) is 0 Å². The summed E-state index contributed by atoms with van der Waals surface area (Å²) in [6, 6.07) is 10.0. The summed E-state index contributed by atoms with van der Waals surface area (Å²) in [5.41, 5.74) is 2.26. The zero-order valence-electron chi connectivity index (χ0n) is 13.3. The summed E-state index contributed by atoms with van der Waals surface area (Å²) in [5.74, 6) is 0.846. The van der Waals surface area contributed by atoms with Crippen LogP contribution >= 0.6 is 11.3 Å². The van der Waals surface area contributed by atoms with E-state index in [9.17, 15) is 4.79 Å². The van der Waals surface area contributed by atoms with Crippen LogP contribution in [-0.2, 0) is 5.41 Å². The summed E-state index contributed by atoms with van der Waals surface area (Å²) >= 11 is 1.51. The maximum absolute atomic E-state index is 12.2.